The topological polar surface area (TPSA) is 141 Å². The van der Waals surface area contributed by atoms with E-state index in [1.807, 2.05) is 0 Å². The largest absolute Gasteiger partial charge is 0.597 e. The number of piperidine rings is 1. The molecule has 0 aromatic carbocycles. The summed E-state index contributed by atoms with van der Waals surface area (Å²) >= 11 is 6.50. The van der Waals surface area contributed by atoms with Crippen molar-refractivity contribution in [2.75, 3.05) is 29.5 Å². The summed E-state index contributed by atoms with van der Waals surface area (Å²) in [5.74, 6) is 1.39. The number of nitrogens with two attached hydrogens (primary N) is 2. The molecule has 1 aliphatic carbocycles. The molecule has 0 saturated carbocycles. The Morgan fingerprint density at radius 1 is 1.26 bits per heavy atom. The van der Waals surface area contributed by atoms with Crippen molar-refractivity contribution in [2.24, 2.45) is 10.4 Å². The Bertz CT molecular complexity index is 1260. The first kappa shape index (κ1) is 23.7. The summed E-state index contributed by atoms with van der Waals surface area (Å²) in [5.41, 5.74) is 15.4. The Kier molecular flexibility index (Phi) is 5.70. The maximum Gasteiger partial charge on any atom is 0.175 e. The fourth-order valence-electron chi connectivity index (χ4n) is 5.40. The molecule has 9 nitrogen and oxygen atoms in total. The summed E-state index contributed by atoms with van der Waals surface area (Å²) in [5, 5.41) is 0.962. The van der Waals surface area contributed by atoms with E-state index in [-0.39, 0.29) is 21.4 Å². The molecule has 6 rings (SSSR count). The Labute approximate surface area is 219 Å². The number of pyridine rings is 1. The van der Waals surface area contributed by atoms with Crippen LogP contribution in [0, 0.1) is 5.41 Å². The van der Waals surface area contributed by atoms with E-state index in [2.05, 4.69) is 44.0 Å². The van der Waals surface area contributed by atoms with Crippen LogP contribution in [-0.4, -0.2) is 48.3 Å². The van der Waals surface area contributed by atoms with Crippen molar-refractivity contribution in [2.45, 2.75) is 53.2 Å². The van der Waals surface area contributed by atoms with E-state index in [0.29, 0.717) is 15.9 Å². The average Bonchev–Trinajstić information content (AvgIpc) is 3.36. The fraction of sp³-hybridized carbons (Fsp3) is 0.455. The van der Waals surface area contributed by atoms with E-state index in [0.717, 1.165) is 43.1 Å². The number of halogens is 1. The van der Waals surface area contributed by atoms with Crippen LogP contribution in [0.2, 0.25) is 5.02 Å². The summed E-state index contributed by atoms with van der Waals surface area (Å²) in [4.78, 5) is 22.4. The van der Waals surface area contributed by atoms with Gasteiger partial charge < -0.3 is 20.9 Å². The molecule has 0 amide bonds. The molecule has 3 aliphatic heterocycles. The lowest BCUT2D eigenvalue weighted by Gasteiger charge is -2.50. The molecule has 1 spiro atoms. The Morgan fingerprint density at radius 2 is 2.03 bits per heavy atom. The smallest absolute Gasteiger partial charge is 0.175 e. The highest BCUT2D eigenvalue weighted by molar-refractivity contribution is 8.38. The van der Waals surface area contributed by atoms with E-state index in [9.17, 15) is 4.55 Å². The van der Waals surface area contributed by atoms with E-state index in [4.69, 9.17) is 28.1 Å². The van der Waals surface area contributed by atoms with Gasteiger partial charge in [0, 0.05) is 40.0 Å². The Morgan fingerprint density at radius 3 is 2.77 bits per heavy atom. The molecule has 0 radical (unpaired) electrons. The number of aromatic nitrogens is 3. The van der Waals surface area contributed by atoms with Crippen LogP contribution in [0.1, 0.15) is 33.1 Å². The Balaban J connectivity index is 1.17. The van der Waals surface area contributed by atoms with Crippen molar-refractivity contribution in [1.82, 2.24) is 19.7 Å². The van der Waals surface area contributed by atoms with Gasteiger partial charge in [-0.05, 0) is 39.2 Å². The number of aliphatic imine (C=N–C) groups is 1. The van der Waals surface area contributed by atoms with Crippen molar-refractivity contribution < 1.29 is 4.55 Å². The van der Waals surface area contributed by atoms with Crippen LogP contribution in [0.3, 0.4) is 0 Å². The van der Waals surface area contributed by atoms with E-state index in [1.165, 1.54) is 22.4 Å². The molecule has 2 aromatic rings. The summed E-state index contributed by atoms with van der Waals surface area (Å²) in [7, 11) is -0.609. The van der Waals surface area contributed by atoms with Crippen molar-refractivity contribution >= 4 is 68.6 Å². The zero-order valence-electron chi connectivity index (χ0n) is 19.4. The highest BCUT2D eigenvalue weighted by Gasteiger charge is 2.60. The number of thiol groups is 1. The van der Waals surface area contributed by atoms with Gasteiger partial charge in [0.15, 0.2) is 9.90 Å². The third-order valence-electron chi connectivity index (χ3n) is 7.47. The number of anilines is 3. The lowest BCUT2D eigenvalue weighted by molar-refractivity contribution is 0.194. The number of hydrogen-bond donors (Lipinski definition) is 4. The number of hydrogen-bond acceptors (Lipinski definition) is 10. The first-order valence-corrected chi connectivity index (χ1v) is 15.1. The predicted octanol–water partition coefficient (Wildman–Crippen LogP) is 3.46. The molecule has 2 aromatic heterocycles. The zero-order chi connectivity index (χ0) is 24.5. The normalized spacial score (nSPS) is 29.1. The van der Waals surface area contributed by atoms with Crippen molar-refractivity contribution in [3.63, 3.8) is 0 Å². The van der Waals surface area contributed by atoms with E-state index in [1.54, 1.807) is 18.5 Å². The lowest BCUT2D eigenvalue weighted by Crippen LogP contribution is -2.58. The molecule has 35 heavy (non-hydrogen) atoms. The molecular weight excluding hydrogens is 524 g/mol. The molecule has 5 N–H and O–H groups in total. The summed E-state index contributed by atoms with van der Waals surface area (Å²) in [6.07, 6.45) is 6.26. The third-order valence-corrected chi connectivity index (χ3v) is 14.0. The highest BCUT2D eigenvalue weighted by atomic mass is 35.5. The number of nitrogens with one attached hydrogen (secondary N) is 1. The van der Waals surface area contributed by atoms with Crippen LogP contribution in [0.25, 0.3) is 0 Å². The van der Waals surface area contributed by atoms with Gasteiger partial charge in [-0.1, -0.05) is 23.4 Å². The highest BCUT2D eigenvalue weighted by Crippen LogP contribution is 2.65. The van der Waals surface area contributed by atoms with Crippen molar-refractivity contribution in [3.8, 4) is 0 Å². The number of allylic oxidation sites excluding steroid dienone is 1. The number of rotatable bonds is 3. The van der Waals surface area contributed by atoms with Gasteiger partial charge >= 0.3 is 0 Å². The number of nitrogen functional groups attached to an aromatic ring is 2. The van der Waals surface area contributed by atoms with Gasteiger partial charge in [0.1, 0.15) is 16.7 Å². The Hall–Kier alpha value is -1.70. The molecule has 0 bridgehead atoms. The van der Waals surface area contributed by atoms with Crippen LogP contribution in [-0.2, 0) is 11.4 Å². The number of nitrogens with zero attached hydrogens (tertiary/aromatic N) is 5. The molecule has 1 unspecified atom stereocenters. The summed E-state index contributed by atoms with van der Waals surface area (Å²) in [6.45, 7) is 5.86. The van der Waals surface area contributed by atoms with Crippen LogP contribution < -0.4 is 21.1 Å². The molecule has 3 atom stereocenters. The molecule has 2 saturated heterocycles. The van der Waals surface area contributed by atoms with Crippen molar-refractivity contribution in [1.29, 1.82) is 0 Å². The molecule has 13 heteroatoms. The SMILES string of the molecule is CC1(C)[S@@+]([O-])N[C@@H]2C3=C(CC24CCN(c2cnc(Sc5ccnc(N)c5Cl)c(N)n2)CC4)N=C[SH]31. The molecular formula is C22H27ClN8OS3. The quantitative estimate of drug-likeness (QED) is 0.334. The molecule has 2 fully saturated rings. The van der Waals surface area contributed by atoms with Gasteiger partial charge in [0.25, 0.3) is 0 Å². The average molecular weight is 551 g/mol. The van der Waals surface area contributed by atoms with Gasteiger partial charge in [-0.25, -0.2) is 15.0 Å². The zero-order valence-corrected chi connectivity index (χ0v) is 22.6. The monoisotopic (exact) mass is 550 g/mol. The van der Waals surface area contributed by atoms with Gasteiger partial charge in [-0.3, -0.25) is 4.99 Å². The minimum atomic E-state index is -1.09. The first-order valence-electron chi connectivity index (χ1n) is 11.4. The maximum atomic E-state index is 13.1. The second kappa shape index (κ2) is 8.42. The third kappa shape index (κ3) is 3.72. The fourth-order valence-corrected chi connectivity index (χ4v) is 10.9. The predicted molar refractivity (Wildman–Crippen MR) is 146 cm³/mol. The molecule has 5 heterocycles. The van der Waals surface area contributed by atoms with Crippen LogP contribution in [0.4, 0.5) is 17.5 Å². The first-order chi connectivity index (χ1) is 16.7. The van der Waals surface area contributed by atoms with Crippen LogP contribution >= 0.6 is 34.3 Å². The molecule has 186 valence electrons. The van der Waals surface area contributed by atoms with Gasteiger partial charge in [-0.2, -0.15) is 0 Å². The van der Waals surface area contributed by atoms with Gasteiger partial charge in [0.05, 0.1) is 34.3 Å². The number of fused-ring (bicyclic) bond motifs is 1. The van der Waals surface area contributed by atoms with E-state index >= 15 is 0 Å². The second-order valence-electron chi connectivity index (χ2n) is 9.77. The minimum absolute atomic E-state index is 0.0540. The minimum Gasteiger partial charge on any atom is -0.597 e. The van der Waals surface area contributed by atoms with Gasteiger partial charge in [-0.15, -0.1) is 15.6 Å². The summed E-state index contributed by atoms with van der Waals surface area (Å²) in [6, 6.07) is 1.92. The van der Waals surface area contributed by atoms with E-state index < -0.39 is 22.3 Å². The standard InChI is InChI=1S/C22H27ClN8OS3/c1-21(2)34-11-28-12-9-22(17(16(12)34)30-35(21)32)4-7-31(8-5-22)14-10-27-20(19(25)29-14)33-13-3-6-26-18(24)15(13)23/h3,6,10-11,17,30,34H,4-5,7-9H2,1-2H3,(H2,24,26)(H2,25,29)/t17-,35-/m1/s1. The maximum absolute atomic E-state index is 13.1. The van der Waals surface area contributed by atoms with Crippen molar-refractivity contribution in [3.05, 3.63) is 34.1 Å². The molecule has 4 aliphatic rings. The van der Waals surface area contributed by atoms with Crippen LogP contribution in [0.15, 0.2) is 44.0 Å². The lowest BCUT2D eigenvalue weighted by atomic mass is 9.73. The summed E-state index contributed by atoms with van der Waals surface area (Å²) < 4.78 is 16.3. The second-order valence-corrected chi connectivity index (χ2v) is 15.8. The van der Waals surface area contributed by atoms with Gasteiger partial charge in [0.2, 0.25) is 0 Å². The van der Waals surface area contributed by atoms with Crippen LogP contribution in [0.5, 0.6) is 0 Å².